The Hall–Kier alpha value is -3.04. The zero-order valence-corrected chi connectivity index (χ0v) is 13.9. The van der Waals surface area contributed by atoms with E-state index in [2.05, 4.69) is 10.3 Å². The number of carbonyl (C=O) groups excluding carboxylic acids is 2. The van der Waals surface area contributed by atoms with Crippen LogP contribution in [0, 0.1) is 16.7 Å². The lowest BCUT2D eigenvalue weighted by molar-refractivity contribution is 0.0129. The minimum absolute atomic E-state index is 0.216. The highest BCUT2D eigenvalue weighted by atomic mass is 16.3. The van der Waals surface area contributed by atoms with Crippen LogP contribution >= 0.6 is 0 Å². The highest BCUT2D eigenvalue weighted by Crippen LogP contribution is 2.41. The van der Waals surface area contributed by atoms with Gasteiger partial charge in [0.1, 0.15) is 0 Å². The Labute approximate surface area is 145 Å². The third kappa shape index (κ3) is 2.79. The number of carbonyl (C=O) groups is 2. The minimum Gasteiger partial charge on any atom is -0.390 e. The number of rotatable bonds is 2. The van der Waals surface area contributed by atoms with Gasteiger partial charge in [0.2, 0.25) is 0 Å². The van der Waals surface area contributed by atoms with Crippen LogP contribution in [0.25, 0.3) is 0 Å². The van der Waals surface area contributed by atoms with Crippen molar-refractivity contribution < 1.29 is 14.7 Å². The summed E-state index contributed by atoms with van der Waals surface area (Å²) in [6.07, 6.45) is 1.86. The molecule has 0 aliphatic heterocycles. The number of aliphatic hydroxyl groups is 1. The second-order valence-corrected chi connectivity index (χ2v) is 6.60. The van der Waals surface area contributed by atoms with Crippen molar-refractivity contribution in [1.29, 1.82) is 5.26 Å². The van der Waals surface area contributed by atoms with Crippen LogP contribution in [0.3, 0.4) is 0 Å². The Kier molecular flexibility index (Phi) is 4.11. The van der Waals surface area contributed by atoms with Crippen molar-refractivity contribution in [3.63, 3.8) is 0 Å². The minimum atomic E-state index is -1.12. The molecule has 6 heteroatoms. The number of aromatic nitrogens is 1. The Morgan fingerprint density at radius 3 is 2.76 bits per heavy atom. The van der Waals surface area contributed by atoms with Gasteiger partial charge in [-0.1, -0.05) is 0 Å². The van der Waals surface area contributed by atoms with E-state index < -0.39 is 23.5 Å². The van der Waals surface area contributed by atoms with Crippen LogP contribution in [0.15, 0.2) is 42.7 Å². The van der Waals surface area contributed by atoms with Crippen LogP contribution < -0.4 is 5.32 Å². The van der Waals surface area contributed by atoms with E-state index in [0.29, 0.717) is 22.3 Å². The van der Waals surface area contributed by atoms with Gasteiger partial charge >= 0.3 is 0 Å². The second-order valence-electron chi connectivity index (χ2n) is 6.60. The number of amides is 1. The molecule has 1 aromatic carbocycles. The lowest BCUT2D eigenvalue weighted by atomic mass is 9.68. The molecule has 0 fully saturated rings. The molecule has 3 rings (SSSR count). The summed E-state index contributed by atoms with van der Waals surface area (Å²) in [6.45, 7) is 3.29. The van der Waals surface area contributed by atoms with E-state index in [4.69, 9.17) is 5.26 Å². The average Bonchev–Trinajstić information content (AvgIpc) is 2.64. The number of hydrogen-bond donors (Lipinski definition) is 2. The first-order chi connectivity index (χ1) is 11.9. The summed E-state index contributed by atoms with van der Waals surface area (Å²) in [4.78, 5) is 29.1. The molecule has 6 nitrogen and oxygen atoms in total. The van der Waals surface area contributed by atoms with Gasteiger partial charge in [-0.05, 0) is 49.7 Å². The van der Waals surface area contributed by atoms with Crippen molar-refractivity contribution in [3.05, 3.63) is 65.0 Å². The normalized spacial score (nSPS) is 21.1. The fraction of sp³-hybridized carbons (Fsp3) is 0.263. The zero-order valence-electron chi connectivity index (χ0n) is 13.9. The molecule has 0 saturated carbocycles. The summed E-state index contributed by atoms with van der Waals surface area (Å²) >= 11 is 0. The molecule has 2 N–H and O–H groups in total. The van der Waals surface area contributed by atoms with E-state index in [0.717, 1.165) is 0 Å². The maximum Gasteiger partial charge on any atom is 0.253 e. The summed E-state index contributed by atoms with van der Waals surface area (Å²) in [5, 5.41) is 22.6. The predicted octanol–water partition coefficient (Wildman–Crippen LogP) is 2.01. The zero-order chi connectivity index (χ0) is 18.2. The van der Waals surface area contributed by atoms with E-state index in [1.54, 1.807) is 50.4 Å². The third-order valence-electron chi connectivity index (χ3n) is 4.61. The number of hydrogen-bond acceptors (Lipinski definition) is 5. The fourth-order valence-electron chi connectivity index (χ4n) is 3.04. The summed E-state index contributed by atoms with van der Waals surface area (Å²) in [7, 11) is 0. The van der Waals surface area contributed by atoms with Crippen LogP contribution in [0.5, 0.6) is 0 Å². The van der Waals surface area contributed by atoms with Crippen molar-refractivity contribution in [2.24, 2.45) is 5.41 Å². The summed E-state index contributed by atoms with van der Waals surface area (Å²) in [5.74, 6) is -0.623. The molecule has 0 spiro atoms. The highest BCUT2D eigenvalue weighted by molar-refractivity contribution is 6.04. The van der Waals surface area contributed by atoms with Crippen molar-refractivity contribution in [1.82, 2.24) is 10.3 Å². The molecule has 25 heavy (non-hydrogen) atoms. The van der Waals surface area contributed by atoms with Gasteiger partial charge in [0.05, 0.1) is 34.8 Å². The number of nitrogens with one attached hydrogen (secondary N) is 1. The number of ketones is 1. The van der Waals surface area contributed by atoms with Gasteiger partial charge < -0.3 is 10.4 Å². The molecule has 0 unspecified atom stereocenters. The first-order valence-electron chi connectivity index (χ1n) is 7.84. The summed E-state index contributed by atoms with van der Waals surface area (Å²) in [5.41, 5.74) is 0.508. The molecule has 2 atom stereocenters. The van der Waals surface area contributed by atoms with Crippen molar-refractivity contribution in [2.45, 2.75) is 26.0 Å². The van der Waals surface area contributed by atoms with Gasteiger partial charge in [-0.25, -0.2) is 0 Å². The predicted molar refractivity (Wildman–Crippen MR) is 89.7 cm³/mol. The van der Waals surface area contributed by atoms with Gasteiger partial charge in [-0.2, -0.15) is 5.26 Å². The van der Waals surface area contributed by atoms with Crippen molar-refractivity contribution in [3.8, 4) is 6.07 Å². The topological polar surface area (TPSA) is 103 Å². The SMILES string of the molecule is CC1(C)C(=O)c2ccc(C#N)cc2[C@@H](NC(=O)c2cccnc2)[C@@H]1O. The van der Waals surface area contributed by atoms with Gasteiger partial charge in [-0.3, -0.25) is 14.6 Å². The Bertz CT molecular complexity index is 885. The molecule has 0 radical (unpaired) electrons. The van der Waals surface area contributed by atoms with Crippen LogP contribution in [-0.2, 0) is 0 Å². The summed E-state index contributed by atoms with van der Waals surface area (Å²) < 4.78 is 0. The highest BCUT2D eigenvalue weighted by Gasteiger charge is 2.47. The molecule has 1 heterocycles. The Morgan fingerprint density at radius 2 is 2.12 bits per heavy atom. The van der Waals surface area contributed by atoms with Crippen LogP contribution in [-0.4, -0.2) is 27.9 Å². The third-order valence-corrected chi connectivity index (χ3v) is 4.61. The quantitative estimate of drug-likeness (QED) is 0.874. The van der Waals surface area contributed by atoms with Crippen molar-refractivity contribution in [2.75, 3.05) is 0 Å². The second kappa shape index (κ2) is 6.11. The number of pyridine rings is 1. The van der Waals surface area contributed by atoms with Crippen LogP contribution in [0.2, 0.25) is 0 Å². The number of benzene rings is 1. The molecule has 126 valence electrons. The molecule has 1 aromatic heterocycles. The molecule has 1 amide bonds. The summed E-state index contributed by atoms with van der Waals surface area (Å²) in [6, 6.07) is 9.15. The number of nitrogens with zero attached hydrogens (tertiary/aromatic N) is 2. The monoisotopic (exact) mass is 335 g/mol. The number of Topliss-reactive ketones (excluding diaryl/α,β-unsaturated/α-hetero) is 1. The molecular formula is C19H17N3O3. The number of fused-ring (bicyclic) bond motifs is 1. The maximum atomic E-state index is 12.7. The van der Waals surface area contributed by atoms with Crippen LogP contribution in [0.4, 0.5) is 0 Å². The maximum absolute atomic E-state index is 12.7. The molecular weight excluding hydrogens is 318 g/mol. The van der Waals surface area contributed by atoms with Crippen LogP contribution in [0.1, 0.15) is 51.7 Å². The van der Waals surface area contributed by atoms with Gasteiger partial charge in [0, 0.05) is 18.0 Å². The Morgan fingerprint density at radius 1 is 1.36 bits per heavy atom. The molecule has 0 saturated heterocycles. The molecule has 1 aliphatic carbocycles. The Balaban J connectivity index is 2.06. The van der Waals surface area contributed by atoms with Gasteiger partial charge in [0.25, 0.3) is 5.91 Å². The van der Waals surface area contributed by atoms with E-state index in [9.17, 15) is 14.7 Å². The standard InChI is InChI=1S/C19H17N3O3/c1-19(2)16(23)13-6-5-11(9-20)8-14(13)15(17(19)24)22-18(25)12-4-3-7-21-10-12/h3-8,10,15,17,24H,1-2H3,(H,22,25)/t15-,17+/m1/s1. The van der Waals surface area contributed by atoms with E-state index in [1.807, 2.05) is 6.07 Å². The number of nitriles is 1. The fourth-order valence-corrected chi connectivity index (χ4v) is 3.04. The number of aliphatic hydroxyl groups excluding tert-OH is 1. The van der Waals surface area contributed by atoms with Gasteiger partial charge in [0.15, 0.2) is 5.78 Å². The molecule has 1 aliphatic rings. The van der Waals surface area contributed by atoms with E-state index in [-0.39, 0.29) is 5.78 Å². The van der Waals surface area contributed by atoms with Crippen molar-refractivity contribution >= 4 is 11.7 Å². The van der Waals surface area contributed by atoms with Gasteiger partial charge in [-0.15, -0.1) is 0 Å². The first kappa shape index (κ1) is 16.8. The largest absolute Gasteiger partial charge is 0.390 e. The molecule has 0 bridgehead atoms. The molecule has 2 aromatic rings. The average molecular weight is 335 g/mol. The first-order valence-corrected chi connectivity index (χ1v) is 7.84. The lowest BCUT2D eigenvalue weighted by Crippen LogP contribution is -2.51. The van der Waals surface area contributed by atoms with E-state index >= 15 is 0 Å². The smallest absolute Gasteiger partial charge is 0.253 e. The lowest BCUT2D eigenvalue weighted by Gasteiger charge is -2.40. The van der Waals surface area contributed by atoms with E-state index in [1.165, 1.54) is 6.20 Å².